The highest BCUT2D eigenvalue weighted by Gasteiger charge is 2.09. The van der Waals surface area contributed by atoms with Gasteiger partial charge in [0.25, 0.3) is 0 Å². The normalized spacial score (nSPS) is 10.1. The topological polar surface area (TPSA) is 43.4 Å². The molecule has 0 N–H and O–H groups in total. The van der Waals surface area contributed by atoms with Crippen LogP contribution in [0.25, 0.3) is 0 Å². The van der Waals surface area contributed by atoms with Crippen LogP contribution in [-0.2, 0) is 0 Å². The van der Waals surface area contributed by atoms with Gasteiger partial charge in [-0.2, -0.15) is 0 Å². The van der Waals surface area contributed by atoms with Crippen LogP contribution in [0.4, 0.5) is 0 Å². The van der Waals surface area contributed by atoms with Gasteiger partial charge in [-0.15, -0.1) is 0 Å². The highest BCUT2D eigenvalue weighted by molar-refractivity contribution is 6.32. The zero-order chi connectivity index (χ0) is 14.5. The molecule has 0 aliphatic rings. The van der Waals surface area contributed by atoms with E-state index >= 15 is 0 Å². The number of carbonyl (C=O) groups is 2. The van der Waals surface area contributed by atoms with Crippen LogP contribution in [0, 0.1) is 0 Å². The monoisotopic (exact) mass is 308 g/mol. The number of hydrogen-bond acceptors (Lipinski definition) is 3. The van der Waals surface area contributed by atoms with Crippen LogP contribution in [0.1, 0.15) is 20.7 Å². The average Bonchev–Trinajstić information content (AvgIpc) is 2.45. The third kappa shape index (κ3) is 3.59. The van der Waals surface area contributed by atoms with Gasteiger partial charge in [0.05, 0.1) is 5.02 Å². The van der Waals surface area contributed by atoms with Gasteiger partial charge in [-0.3, -0.25) is 9.59 Å². The van der Waals surface area contributed by atoms with Gasteiger partial charge in [-0.1, -0.05) is 35.3 Å². The number of carbonyl (C=O) groups excluding carboxylic acids is 2. The van der Waals surface area contributed by atoms with Crippen molar-refractivity contribution in [1.29, 1.82) is 0 Å². The summed E-state index contributed by atoms with van der Waals surface area (Å²) < 4.78 is 5.35. The molecule has 3 nitrogen and oxygen atoms in total. The molecule has 0 saturated carbocycles. The Bertz CT molecular complexity index is 653. The first-order chi connectivity index (χ1) is 9.60. The van der Waals surface area contributed by atoms with Crippen LogP contribution >= 0.6 is 23.2 Å². The number of rotatable bonds is 5. The number of aldehydes is 1. The van der Waals surface area contributed by atoms with Crippen molar-refractivity contribution in [2.45, 2.75) is 0 Å². The van der Waals surface area contributed by atoms with E-state index in [-0.39, 0.29) is 17.4 Å². The van der Waals surface area contributed by atoms with E-state index in [4.69, 9.17) is 27.9 Å². The fourth-order valence-electron chi connectivity index (χ4n) is 1.60. The Morgan fingerprint density at radius 3 is 2.60 bits per heavy atom. The molecule has 0 heterocycles. The Labute approximate surface area is 126 Å². The number of halogens is 2. The Morgan fingerprint density at radius 1 is 1.15 bits per heavy atom. The quantitative estimate of drug-likeness (QED) is 0.618. The lowest BCUT2D eigenvalue weighted by atomic mass is 10.1. The molecule has 20 heavy (non-hydrogen) atoms. The van der Waals surface area contributed by atoms with E-state index in [1.54, 1.807) is 36.4 Å². The summed E-state index contributed by atoms with van der Waals surface area (Å²) in [4.78, 5) is 22.5. The minimum absolute atomic E-state index is 0.152. The number of ketones is 1. The van der Waals surface area contributed by atoms with E-state index in [9.17, 15) is 9.59 Å². The third-order valence-corrected chi connectivity index (χ3v) is 3.13. The molecule has 0 amide bonds. The smallest absolute Gasteiger partial charge is 0.200 e. The van der Waals surface area contributed by atoms with Crippen LogP contribution in [-0.4, -0.2) is 18.7 Å². The second-order valence-corrected chi connectivity index (χ2v) is 4.87. The summed E-state index contributed by atoms with van der Waals surface area (Å²) in [6, 6.07) is 11.2. The Balaban J connectivity index is 2.05. The fraction of sp³-hybridized carbons (Fsp3) is 0.0667. The Kier molecular flexibility index (Phi) is 4.77. The SMILES string of the molecule is O=Cc1ccc(OCC(=O)c2cccc(Cl)c2)c(Cl)c1. The molecule has 2 rings (SSSR count). The standard InChI is InChI=1S/C15H10Cl2O3/c16-12-3-1-2-11(7-12)14(19)9-20-15-5-4-10(8-18)6-13(15)17/h1-8H,9H2. The number of benzene rings is 2. The first-order valence-electron chi connectivity index (χ1n) is 5.76. The maximum Gasteiger partial charge on any atom is 0.200 e. The van der Waals surface area contributed by atoms with Crippen molar-refractivity contribution in [1.82, 2.24) is 0 Å². The lowest BCUT2D eigenvalue weighted by Crippen LogP contribution is -2.11. The van der Waals surface area contributed by atoms with Crippen LogP contribution in [0.2, 0.25) is 10.0 Å². The van der Waals surface area contributed by atoms with E-state index in [1.807, 2.05) is 0 Å². The maximum atomic E-state index is 11.9. The predicted molar refractivity (Wildman–Crippen MR) is 78.1 cm³/mol. The summed E-state index contributed by atoms with van der Waals surface area (Å²) in [6.45, 7) is -0.152. The molecule has 2 aromatic carbocycles. The molecule has 0 spiro atoms. The molecular formula is C15H10Cl2O3. The zero-order valence-electron chi connectivity index (χ0n) is 10.3. The fourth-order valence-corrected chi connectivity index (χ4v) is 2.03. The van der Waals surface area contributed by atoms with Gasteiger partial charge >= 0.3 is 0 Å². The second kappa shape index (κ2) is 6.55. The number of Topliss-reactive ketones (excluding diaryl/α,β-unsaturated/α-hetero) is 1. The molecule has 0 fully saturated rings. The van der Waals surface area contributed by atoms with E-state index in [0.717, 1.165) is 0 Å². The minimum atomic E-state index is -0.206. The van der Waals surface area contributed by atoms with Crippen molar-refractivity contribution in [2.24, 2.45) is 0 Å². The Hall–Kier alpha value is -1.84. The highest BCUT2D eigenvalue weighted by atomic mass is 35.5. The molecule has 0 unspecified atom stereocenters. The summed E-state index contributed by atoms with van der Waals surface area (Å²) in [5, 5.41) is 0.776. The van der Waals surface area contributed by atoms with E-state index in [2.05, 4.69) is 0 Å². The molecule has 0 saturated heterocycles. The van der Waals surface area contributed by atoms with Gasteiger partial charge < -0.3 is 4.74 Å². The van der Waals surface area contributed by atoms with Gasteiger partial charge in [0.1, 0.15) is 12.0 Å². The first-order valence-corrected chi connectivity index (χ1v) is 6.52. The first kappa shape index (κ1) is 14.6. The minimum Gasteiger partial charge on any atom is -0.484 e. The molecule has 0 aliphatic carbocycles. The largest absolute Gasteiger partial charge is 0.484 e. The molecule has 2 aromatic rings. The van der Waals surface area contributed by atoms with Crippen LogP contribution in [0.3, 0.4) is 0 Å². The molecule has 0 aromatic heterocycles. The van der Waals surface area contributed by atoms with Gasteiger partial charge in [0, 0.05) is 16.1 Å². The van der Waals surface area contributed by atoms with Gasteiger partial charge in [0.15, 0.2) is 12.4 Å². The van der Waals surface area contributed by atoms with Crippen molar-refractivity contribution < 1.29 is 14.3 Å². The third-order valence-electron chi connectivity index (χ3n) is 2.60. The van der Waals surface area contributed by atoms with Crippen molar-refractivity contribution in [3.05, 3.63) is 63.6 Å². The van der Waals surface area contributed by atoms with Gasteiger partial charge in [-0.05, 0) is 30.3 Å². The average molecular weight is 309 g/mol. The highest BCUT2D eigenvalue weighted by Crippen LogP contribution is 2.25. The van der Waals surface area contributed by atoms with E-state index in [0.29, 0.717) is 28.2 Å². The second-order valence-electron chi connectivity index (χ2n) is 4.03. The molecule has 0 aliphatic heterocycles. The van der Waals surface area contributed by atoms with Crippen molar-refractivity contribution in [2.75, 3.05) is 6.61 Å². The zero-order valence-corrected chi connectivity index (χ0v) is 11.8. The molecular weight excluding hydrogens is 299 g/mol. The van der Waals surface area contributed by atoms with Gasteiger partial charge in [-0.25, -0.2) is 0 Å². The van der Waals surface area contributed by atoms with E-state index in [1.165, 1.54) is 6.07 Å². The number of ether oxygens (including phenoxy) is 1. The van der Waals surface area contributed by atoms with Gasteiger partial charge in [0.2, 0.25) is 0 Å². The van der Waals surface area contributed by atoms with Crippen molar-refractivity contribution >= 4 is 35.3 Å². The maximum absolute atomic E-state index is 11.9. The summed E-state index contributed by atoms with van der Waals surface area (Å²) in [5.41, 5.74) is 0.918. The Morgan fingerprint density at radius 2 is 1.95 bits per heavy atom. The summed E-state index contributed by atoms with van der Waals surface area (Å²) in [6.07, 6.45) is 0.687. The van der Waals surface area contributed by atoms with Crippen LogP contribution in [0.5, 0.6) is 5.75 Å². The van der Waals surface area contributed by atoms with Crippen molar-refractivity contribution in [3.8, 4) is 5.75 Å². The van der Waals surface area contributed by atoms with E-state index < -0.39 is 0 Å². The molecule has 0 bridgehead atoms. The molecule has 0 radical (unpaired) electrons. The summed E-state index contributed by atoms with van der Waals surface area (Å²) in [7, 11) is 0. The van der Waals surface area contributed by atoms with Crippen molar-refractivity contribution in [3.63, 3.8) is 0 Å². The van der Waals surface area contributed by atoms with Crippen LogP contribution in [0.15, 0.2) is 42.5 Å². The molecule has 5 heteroatoms. The predicted octanol–water partition coefficient (Wildman–Crippen LogP) is 4.07. The molecule has 102 valence electrons. The lowest BCUT2D eigenvalue weighted by molar-refractivity contribution is 0.0921. The summed E-state index contributed by atoms with van der Waals surface area (Å²) >= 11 is 11.8. The summed E-state index contributed by atoms with van der Waals surface area (Å²) in [5.74, 6) is 0.149. The van der Waals surface area contributed by atoms with Crippen LogP contribution < -0.4 is 4.74 Å². The molecule has 0 atom stereocenters. The lowest BCUT2D eigenvalue weighted by Gasteiger charge is -2.08. The number of hydrogen-bond donors (Lipinski definition) is 0.